The zero-order chi connectivity index (χ0) is 16.8. The van der Waals surface area contributed by atoms with Gasteiger partial charge in [0.1, 0.15) is 0 Å². The molecule has 1 heterocycles. The third-order valence-electron chi connectivity index (χ3n) is 5.20. The molecule has 3 aromatic rings. The normalized spacial score (nSPS) is 15.1. The molecule has 2 aromatic carbocycles. The maximum Gasteiger partial charge on any atom is -1.00 e. The van der Waals surface area contributed by atoms with Gasteiger partial charge in [-0.25, -0.2) is 0 Å². The van der Waals surface area contributed by atoms with Crippen molar-refractivity contribution in [3.63, 3.8) is 0 Å². The van der Waals surface area contributed by atoms with Gasteiger partial charge >= 0.3 is 155 Å². The van der Waals surface area contributed by atoms with E-state index in [1.807, 2.05) is 0 Å². The summed E-state index contributed by atoms with van der Waals surface area (Å²) in [5.41, 5.74) is 7.22. The minimum Gasteiger partial charge on any atom is -1.00 e. The number of benzene rings is 2. The Bertz CT molecular complexity index is 962. The summed E-state index contributed by atoms with van der Waals surface area (Å²) in [7, 11) is -0.791. The van der Waals surface area contributed by atoms with Crippen LogP contribution in [0.15, 0.2) is 47.7 Å². The van der Waals surface area contributed by atoms with Crippen LogP contribution >= 0.6 is 0 Å². The Balaban J connectivity index is 0.00000121. The monoisotopic (exact) mass is 435 g/mol. The first-order valence-corrected chi connectivity index (χ1v) is 13.3. The number of fused-ring (bicyclic) bond motifs is 2. The van der Waals surface area contributed by atoms with Crippen molar-refractivity contribution in [3.8, 4) is 0 Å². The second-order valence-electron chi connectivity index (χ2n) is 7.13. The minimum absolute atomic E-state index is 0. The summed E-state index contributed by atoms with van der Waals surface area (Å²) < 4.78 is 2.21. The summed E-state index contributed by atoms with van der Waals surface area (Å²) in [6, 6.07) is 15.6. The fraction of sp³-hybridized carbons (Fsp3) is 0.238. The second-order valence-corrected chi connectivity index (χ2v) is 12.2. The fourth-order valence-corrected chi connectivity index (χ4v) is 9.54. The van der Waals surface area contributed by atoms with Crippen molar-refractivity contribution in [1.82, 2.24) is 4.98 Å². The smallest absolute Gasteiger partial charge is 1.00 e. The number of aromatic nitrogens is 1. The van der Waals surface area contributed by atoms with Crippen molar-refractivity contribution < 1.29 is 44.0 Å². The molecule has 0 saturated heterocycles. The molecule has 5 heteroatoms. The van der Waals surface area contributed by atoms with Crippen LogP contribution in [0, 0.1) is 13.8 Å². The molecule has 1 atom stereocenters. The van der Waals surface area contributed by atoms with Crippen LogP contribution in [0.2, 0.25) is 13.1 Å². The Labute approximate surface area is 179 Å². The van der Waals surface area contributed by atoms with Crippen molar-refractivity contribution >= 4 is 29.8 Å². The van der Waals surface area contributed by atoms with Crippen LogP contribution in [0.25, 0.3) is 17.0 Å². The van der Waals surface area contributed by atoms with Crippen LogP contribution in [0.5, 0.6) is 0 Å². The number of rotatable bonds is 3. The third-order valence-corrected chi connectivity index (χ3v) is 10.2. The molecule has 1 nitrogen and oxygen atoms in total. The van der Waals surface area contributed by atoms with Gasteiger partial charge in [0.25, 0.3) is 0 Å². The maximum atomic E-state index is 3.77. The molecule has 0 saturated carbocycles. The summed E-state index contributed by atoms with van der Waals surface area (Å²) >= 11 is -0.275. The Hall–Kier alpha value is -0.769. The molecule has 0 bridgehead atoms. The zero-order valence-corrected chi connectivity index (χ0v) is 19.8. The standard InChI is InChI=1S/C11H13Si.C10H10N.2ClH.Ti/c1-12(2)11-7-9-5-3-4-6-10(9)8-11;1-7-4-3-5-9-10(7)8(2)6-11-9;;;/h3-8,12H,1-2H3;3-5,11H,1-2H3;2*1H;/q;;;;+2/p-2. The van der Waals surface area contributed by atoms with E-state index in [0.29, 0.717) is 4.22 Å². The molecule has 1 aromatic heterocycles. The van der Waals surface area contributed by atoms with E-state index in [9.17, 15) is 0 Å². The number of aryl methyl sites for hydroxylation is 2. The average molecular weight is 436 g/mol. The maximum absolute atomic E-state index is 3.77. The van der Waals surface area contributed by atoms with Gasteiger partial charge in [-0.2, -0.15) is 0 Å². The van der Waals surface area contributed by atoms with E-state index in [2.05, 4.69) is 80.5 Å². The first-order chi connectivity index (χ1) is 11.6. The molecule has 4 rings (SSSR count). The van der Waals surface area contributed by atoms with Crippen LogP contribution in [0.1, 0.15) is 26.5 Å². The molecule has 0 fully saturated rings. The minimum atomic E-state index is -0.791. The van der Waals surface area contributed by atoms with Gasteiger partial charge in [-0.05, 0) is 0 Å². The topological polar surface area (TPSA) is 15.8 Å². The molecule has 1 N–H and O–H groups in total. The van der Waals surface area contributed by atoms with Gasteiger partial charge in [0.05, 0.1) is 0 Å². The number of aromatic amines is 1. The van der Waals surface area contributed by atoms with Crippen LogP contribution in [0.4, 0.5) is 0 Å². The van der Waals surface area contributed by atoms with Crippen LogP contribution in [-0.2, 0) is 19.2 Å². The number of nitrogens with one attached hydrogen (secondary N) is 1. The van der Waals surface area contributed by atoms with Crippen molar-refractivity contribution in [1.29, 1.82) is 0 Å². The summed E-state index contributed by atoms with van der Waals surface area (Å²) in [4.78, 5) is 3.77. The third kappa shape index (κ3) is 3.63. The Morgan fingerprint density at radius 2 is 1.69 bits per heavy atom. The van der Waals surface area contributed by atoms with E-state index < -0.39 is 8.80 Å². The van der Waals surface area contributed by atoms with E-state index in [-0.39, 0.29) is 44.0 Å². The molecular weight excluding hydrogens is 413 g/mol. The molecule has 1 unspecified atom stereocenters. The number of allylic oxidation sites excluding steroid dienone is 1. The van der Waals surface area contributed by atoms with E-state index in [0.717, 1.165) is 0 Å². The Kier molecular flexibility index (Phi) is 7.04. The van der Waals surface area contributed by atoms with E-state index in [1.165, 1.54) is 31.6 Å². The zero-order valence-electron chi connectivity index (χ0n) is 15.5. The van der Waals surface area contributed by atoms with Crippen molar-refractivity contribution in [2.45, 2.75) is 31.2 Å². The molecule has 26 heavy (non-hydrogen) atoms. The van der Waals surface area contributed by atoms with Gasteiger partial charge in [-0.3, -0.25) is 0 Å². The first kappa shape index (κ1) is 21.5. The van der Waals surface area contributed by atoms with Gasteiger partial charge in [-0.1, -0.05) is 0 Å². The van der Waals surface area contributed by atoms with Crippen molar-refractivity contribution in [3.05, 3.63) is 69.9 Å². The molecule has 134 valence electrons. The van der Waals surface area contributed by atoms with Gasteiger partial charge in [-0.15, -0.1) is 0 Å². The number of H-pyrrole nitrogens is 1. The van der Waals surface area contributed by atoms with Gasteiger partial charge in [0.15, 0.2) is 0 Å². The van der Waals surface area contributed by atoms with E-state index in [1.54, 1.807) is 10.8 Å². The van der Waals surface area contributed by atoms with E-state index >= 15 is 0 Å². The molecule has 0 radical (unpaired) electrons. The van der Waals surface area contributed by atoms with Crippen molar-refractivity contribution in [2.75, 3.05) is 0 Å². The van der Waals surface area contributed by atoms with E-state index in [4.69, 9.17) is 0 Å². The van der Waals surface area contributed by atoms with Gasteiger partial charge < -0.3 is 24.8 Å². The average Bonchev–Trinajstić information content (AvgIpc) is 3.08. The molecule has 1 aliphatic carbocycles. The second kappa shape index (κ2) is 8.50. The summed E-state index contributed by atoms with van der Waals surface area (Å²) in [6.45, 7) is 9.48. The number of hydrogen-bond donors (Lipinski definition) is 1. The van der Waals surface area contributed by atoms with Crippen LogP contribution in [-0.4, -0.2) is 13.8 Å². The molecule has 1 aliphatic rings. The van der Waals surface area contributed by atoms with Gasteiger partial charge in [0.2, 0.25) is 0 Å². The Morgan fingerprint density at radius 1 is 0.962 bits per heavy atom. The number of halogens is 2. The quantitative estimate of drug-likeness (QED) is 0.490. The van der Waals surface area contributed by atoms with Crippen molar-refractivity contribution in [2.24, 2.45) is 0 Å². The summed E-state index contributed by atoms with van der Waals surface area (Å²) in [5, 5.41) is 3.20. The van der Waals surface area contributed by atoms with Gasteiger partial charge in [0, 0.05) is 0 Å². The molecule has 0 amide bonds. The first-order valence-electron chi connectivity index (χ1n) is 8.71. The SMILES string of the molecule is Cc1cccc2[nH][c]([Ti+2][CH]3C([SiH](C)C)=Cc4ccccc43)c(C)c12.[Cl-].[Cl-]. The molecular formula is C21H23Cl2NSiTi. The predicted octanol–water partition coefficient (Wildman–Crippen LogP) is -1.34. The molecule has 0 aliphatic heterocycles. The predicted molar refractivity (Wildman–Crippen MR) is 103 cm³/mol. The summed E-state index contributed by atoms with van der Waals surface area (Å²) in [6.07, 6.45) is 2.50. The number of hydrogen-bond acceptors (Lipinski definition) is 0. The summed E-state index contributed by atoms with van der Waals surface area (Å²) in [5.74, 6) is 0. The molecule has 0 spiro atoms. The Morgan fingerprint density at radius 3 is 2.38 bits per heavy atom. The van der Waals surface area contributed by atoms with Crippen LogP contribution in [0.3, 0.4) is 0 Å². The largest absolute Gasteiger partial charge is 1.00 e. The van der Waals surface area contributed by atoms with Crippen LogP contribution < -0.4 is 28.8 Å². The fourth-order valence-electron chi connectivity index (χ4n) is 3.92.